The fourth-order valence-corrected chi connectivity index (χ4v) is 3.31. The Morgan fingerprint density at radius 1 is 1.08 bits per heavy atom. The number of phenols is 1. The Kier molecular flexibility index (Phi) is 5.15. The number of phenolic OH excluding ortho intramolecular Hbond substituents is 1. The summed E-state index contributed by atoms with van der Waals surface area (Å²) < 4.78 is 0. The predicted octanol–water partition coefficient (Wildman–Crippen LogP) is 1.61. The first-order valence-corrected chi connectivity index (χ1v) is 8.41. The number of nitrogens with one attached hydrogen (secondary N) is 2. The van der Waals surface area contributed by atoms with Gasteiger partial charge in [0, 0.05) is 18.3 Å². The molecule has 3 rings (SSSR count). The van der Waals surface area contributed by atoms with Gasteiger partial charge in [0.15, 0.2) is 0 Å². The van der Waals surface area contributed by atoms with Crippen molar-refractivity contribution >= 4 is 0 Å². The number of aromatic amines is 2. The quantitative estimate of drug-likeness (QED) is 0.777. The van der Waals surface area contributed by atoms with Gasteiger partial charge in [-0.05, 0) is 62.4 Å². The van der Waals surface area contributed by atoms with Crippen LogP contribution < -0.4 is 11.2 Å². The average Bonchev–Trinajstić information content (AvgIpc) is 2.55. The molecule has 0 atom stereocenters. The molecule has 1 aliphatic rings. The molecule has 6 nitrogen and oxygen atoms in total. The van der Waals surface area contributed by atoms with E-state index in [0.717, 1.165) is 38.8 Å². The standard InChI is InChI=1S/C18H23N3O3/c22-16-5-3-13(4-6-16)1-2-14-7-9-21(10-8-14)12-15-11-17(23)20-18(24)19-15/h3-6,11,14,22H,1-2,7-10,12H2,(H2,19,20,23,24). The minimum absolute atomic E-state index is 0.310. The SMILES string of the molecule is O=c1cc(CN2CCC(CCc3ccc(O)cc3)CC2)[nH]c(=O)[nH]1. The predicted molar refractivity (Wildman–Crippen MR) is 92.1 cm³/mol. The highest BCUT2D eigenvalue weighted by molar-refractivity contribution is 5.25. The van der Waals surface area contributed by atoms with Gasteiger partial charge in [-0.15, -0.1) is 0 Å². The molecule has 128 valence electrons. The molecular formula is C18H23N3O3. The Labute approximate surface area is 140 Å². The molecule has 0 bridgehead atoms. The molecular weight excluding hydrogens is 306 g/mol. The minimum atomic E-state index is -0.443. The zero-order valence-corrected chi connectivity index (χ0v) is 13.6. The van der Waals surface area contributed by atoms with Crippen LogP contribution in [-0.2, 0) is 13.0 Å². The number of nitrogens with zero attached hydrogens (tertiary/aromatic N) is 1. The summed E-state index contributed by atoms with van der Waals surface area (Å²) in [5, 5.41) is 9.31. The van der Waals surface area contributed by atoms with Crippen LogP contribution in [0.4, 0.5) is 0 Å². The summed E-state index contributed by atoms with van der Waals surface area (Å²) >= 11 is 0. The Morgan fingerprint density at radius 3 is 2.46 bits per heavy atom. The lowest BCUT2D eigenvalue weighted by molar-refractivity contribution is 0.170. The van der Waals surface area contributed by atoms with Crippen LogP contribution in [0.5, 0.6) is 5.75 Å². The number of aromatic nitrogens is 2. The van der Waals surface area contributed by atoms with Gasteiger partial charge in [0.25, 0.3) is 5.56 Å². The molecule has 0 radical (unpaired) electrons. The first kappa shape index (κ1) is 16.5. The fraction of sp³-hybridized carbons (Fsp3) is 0.444. The lowest BCUT2D eigenvalue weighted by Crippen LogP contribution is -2.35. The molecule has 2 heterocycles. The van der Waals surface area contributed by atoms with E-state index in [1.807, 2.05) is 12.1 Å². The first-order valence-electron chi connectivity index (χ1n) is 8.41. The van der Waals surface area contributed by atoms with E-state index < -0.39 is 5.69 Å². The molecule has 1 aliphatic heterocycles. The van der Waals surface area contributed by atoms with Crippen LogP contribution in [0, 0.1) is 5.92 Å². The number of benzene rings is 1. The zero-order chi connectivity index (χ0) is 16.9. The lowest BCUT2D eigenvalue weighted by atomic mass is 9.90. The van der Waals surface area contributed by atoms with Crippen LogP contribution in [-0.4, -0.2) is 33.1 Å². The van der Waals surface area contributed by atoms with Crippen molar-refractivity contribution in [3.05, 3.63) is 62.4 Å². The van der Waals surface area contributed by atoms with Crippen molar-refractivity contribution in [1.82, 2.24) is 14.9 Å². The maximum absolute atomic E-state index is 11.3. The molecule has 0 aliphatic carbocycles. The summed E-state index contributed by atoms with van der Waals surface area (Å²) in [5.74, 6) is 1.01. The third-order valence-corrected chi connectivity index (χ3v) is 4.69. The van der Waals surface area contributed by atoms with Crippen LogP contribution in [0.25, 0.3) is 0 Å². The zero-order valence-electron chi connectivity index (χ0n) is 13.6. The first-order chi connectivity index (χ1) is 11.6. The normalized spacial score (nSPS) is 16.3. The maximum Gasteiger partial charge on any atom is 0.325 e. The number of aryl methyl sites for hydroxylation is 1. The second kappa shape index (κ2) is 7.49. The maximum atomic E-state index is 11.3. The van der Waals surface area contributed by atoms with Gasteiger partial charge in [-0.25, -0.2) is 4.79 Å². The van der Waals surface area contributed by atoms with Crippen LogP contribution in [0.15, 0.2) is 39.9 Å². The van der Waals surface area contributed by atoms with Crippen LogP contribution in [0.1, 0.15) is 30.5 Å². The van der Waals surface area contributed by atoms with Crippen molar-refractivity contribution in [2.24, 2.45) is 5.92 Å². The summed E-state index contributed by atoms with van der Waals surface area (Å²) in [6.07, 6.45) is 4.45. The smallest absolute Gasteiger partial charge is 0.325 e. The Hall–Kier alpha value is -2.34. The number of H-pyrrole nitrogens is 2. The van der Waals surface area contributed by atoms with Gasteiger partial charge in [-0.3, -0.25) is 14.7 Å². The molecule has 1 saturated heterocycles. The Bertz CT molecular complexity index is 743. The molecule has 0 spiro atoms. The Morgan fingerprint density at radius 2 is 1.79 bits per heavy atom. The van der Waals surface area contributed by atoms with Crippen molar-refractivity contribution in [3.63, 3.8) is 0 Å². The molecule has 1 fully saturated rings. The highest BCUT2D eigenvalue weighted by Gasteiger charge is 2.19. The molecule has 2 aromatic rings. The van der Waals surface area contributed by atoms with Crippen molar-refractivity contribution in [3.8, 4) is 5.75 Å². The molecule has 24 heavy (non-hydrogen) atoms. The Balaban J connectivity index is 1.46. The third kappa shape index (κ3) is 4.58. The molecule has 0 saturated carbocycles. The lowest BCUT2D eigenvalue weighted by Gasteiger charge is -2.31. The summed E-state index contributed by atoms with van der Waals surface area (Å²) in [7, 11) is 0. The third-order valence-electron chi connectivity index (χ3n) is 4.69. The number of hydrogen-bond donors (Lipinski definition) is 3. The topological polar surface area (TPSA) is 89.2 Å². The number of aromatic hydroxyl groups is 1. The van der Waals surface area contributed by atoms with E-state index in [1.54, 1.807) is 12.1 Å². The van der Waals surface area contributed by atoms with E-state index in [9.17, 15) is 14.7 Å². The summed E-state index contributed by atoms with van der Waals surface area (Å²) in [6, 6.07) is 8.89. The molecule has 3 N–H and O–H groups in total. The highest BCUT2D eigenvalue weighted by atomic mass is 16.3. The number of piperidine rings is 1. The average molecular weight is 329 g/mol. The van der Waals surface area contributed by atoms with Crippen LogP contribution >= 0.6 is 0 Å². The van der Waals surface area contributed by atoms with Gasteiger partial charge >= 0.3 is 5.69 Å². The van der Waals surface area contributed by atoms with Gasteiger partial charge < -0.3 is 10.1 Å². The highest BCUT2D eigenvalue weighted by Crippen LogP contribution is 2.23. The van der Waals surface area contributed by atoms with E-state index in [-0.39, 0.29) is 5.56 Å². The van der Waals surface area contributed by atoms with Gasteiger partial charge in [-0.2, -0.15) is 0 Å². The molecule has 1 aromatic carbocycles. The van der Waals surface area contributed by atoms with Gasteiger partial charge in [-0.1, -0.05) is 12.1 Å². The van der Waals surface area contributed by atoms with Crippen molar-refractivity contribution in [2.75, 3.05) is 13.1 Å². The largest absolute Gasteiger partial charge is 0.508 e. The molecule has 0 unspecified atom stereocenters. The molecule has 0 amide bonds. The van der Waals surface area contributed by atoms with E-state index in [0.29, 0.717) is 23.9 Å². The number of likely N-dealkylation sites (tertiary alicyclic amines) is 1. The van der Waals surface area contributed by atoms with Crippen LogP contribution in [0.3, 0.4) is 0 Å². The summed E-state index contributed by atoms with van der Waals surface area (Å²) in [6.45, 7) is 2.58. The van der Waals surface area contributed by atoms with E-state index in [1.165, 1.54) is 11.6 Å². The molecule has 1 aromatic heterocycles. The second-order valence-corrected chi connectivity index (χ2v) is 6.54. The summed E-state index contributed by atoms with van der Waals surface area (Å²) in [4.78, 5) is 29.8. The van der Waals surface area contributed by atoms with E-state index in [2.05, 4.69) is 14.9 Å². The van der Waals surface area contributed by atoms with Crippen molar-refractivity contribution in [1.29, 1.82) is 0 Å². The van der Waals surface area contributed by atoms with Gasteiger partial charge in [0.2, 0.25) is 0 Å². The second-order valence-electron chi connectivity index (χ2n) is 6.54. The summed E-state index contributed by atoms with van der Waals surface area (Å²) in [5.41, 5.74) is 1.14. The van der Waals surface area contributed by atoms with Crippen LogP contribution in [0.2, 0.25) is 0 Å². The van der Waals surface area contributed by atoms with E-state index >= 15 is 0 Å². The monoisotopic (exact) mass is 329 g/mol. The fourth-order valence-electron chi connectivity index (χ4n) is 3.31. The number of hydrogen-bond acceptors (Lipinski definition) is 4. The number of rotatable bonds is 5. The van der Waals surface area contributed by atoms with Crippen molar-refractivity contribution in [2.45, 2.75) is 32.2 Å². The van der Waals surface area contributed by atoms with Gasteiger partial charge in [0.1, 0.15) is 5.75 Å². The molecule has 6 heteroatoms. The van der Waals surface area contributed by atoms with E-state index in [4.69, 9.17) is 0 Å². The van der Waals surface area contributed by atoms with Gasteiger partial charge in [0.05, 0.1) is 0 Å². The van der Waals surface area contributed by atoms with Crippen molar-refractivity contribution < 1.29 is 5.11 Å². The minimum Gasteiger partial charge on any atom is -0.508 e.